The number of benzene rings is 1. The molecule has 0 aliphatic carbocycles. The molecule has 10 heavy (non-hydrogen) atoms. The molecule has 0 aliphatic rings. The molecule has 0 unspecified atom stereocenters. The quantitative estimate of drug-likeness (QED) is 0.586. The first-order chi connectivity index (χ1) is 4.47. The van der Waals surface area contributed by atoms with Crippen LogP contribution in [0.1, 0.15) is 0 Å². The summed E-state index contributed by atoms with van der Waals surface area (Å²) < 4.78 is 0. The van der Waals surface area contributed by atoms with Crippen molar-refractivity contribution in [3.05, 3.63) is 36.7 Å². The van der Waals surface area contributed by atoms with Gasteiger partial charge in [0.2, 0.25) is 0 Å². The Labute approximate surface area is 69.9 Å². The molecule has 1 heterocycles. The molecule has 2 heteroatoms. The van der Waals surface area contributed by atoms with Gasteiger partial charge in [-0.15, -0.1) is 0 Å². The Bertz CT molecular complexity index is 283. The van der Waals surface area contributed by atoms with E-state index in [4.69, 9.17) is 0 Å². The first-order valence-electron chi connectivity index (χ1n) is 2.98. The standard InChI is InChI=1S/C8H7N.Mn/c1-2-4-8-6-9-5-7(8)3-1;/h1-6,9H;. The molecule has 1 nitrogen and oxygen atoms in total. The third kappa shape index (κ3) is 1.08. The number of fused-ring (bicyclic) bond motifs is 1. The van der Waals surface area contributed by atoms with Gasteiger partial charge in [-0.1, -0.05) is 24.3 Å². The zero-order valence-corrected chi connectivity index (χ0v) is 6.52. The van der Waals surface area contributed by atoms with Crippen molar-refractivity contribution in [2.75, 3.05) is 0 Å². The van der Waals surface area contributed by atoms with Crippen LogP contribution in [0.3, 0.4) is 0 Å². The van der Waals surface area contributed by atoms with Crippen molar-refractivity contribution in [3.8, 4) is 0 Å². The summed E-state index contributed by atoms with van der Waals surface area (Å²) in [6.07, 6.45) is 3.99. The van der Waals surface area contributed by atoms with Gasteiger partial charge in [0.05, 0.1) is 0 Å². The summed E-state index contributed by atoms with van der Waals surface area (Å²) in [5.41, 5.74) is 0. The number of aromatic amines is 1. The van der Waals surface area contributed by atoms with E-state index in [1.807, 2.05) is 24.5 Å². The number of hydrogen-bond acceptors (Lipinski definition) is 0. The van der Waals surface area contributed by atoms with Crippen molar-refractivity contribution in [3.63, 3.8) is 0 Å². The minimum atomic E-state index is 0. The van der Waals surface area contributed by atoms with Crippen LogP contribution in [-0.4, -0.2) is 4.98 Å². The summed E-state index contributed by atoms with van der Waals surface area (Å²) in [7, 11) is 0. The molecule has 0 bridgehead atoms. The van der Waals surface area contributed by atoms with E-state index in [0.29, 0.717) is 0 Å². The second-order valence-electron chi connectivity index (χ2n) is 2.08. The normalized spacial score (nSPS) is 9.20. The van der Waals surface area contributed by atoms with Crippen LogP contribution >= 0.6 is 0 Å². The molecule has 0 atom stereocenters. The topological polar surface area (TPSA) is 15.8 Å². The molecule has 2 rings (SSSR count). The van der Waals surface area contributed by atoms with E-state index >= 15 is 0 Å². The summed E-state index contributed by atoms with van der Waals surface area (Å²) in [5.74, 6) is 0. The fourth-order valence-electron chi connectivity index (χ4n) is 0.995. The Morgan fingerprint density at radius 2 is 1.40 bits per heavy atom. The molecule has 1 radical (unpaired) electrons. The predicted molar refractivity (Wildman–Crippen MR) is 38.3 cm³/mol. The Kier molecular flexibility index (Phi) is 2.15. The van der Waals surface area contributed by atoms with Crippen LogP contribution in [0.15, 0.2) is 36.7 Å². The maximum atomic E-state index is 3.04. The minimum Gasteiger partial charge on any atom is -0.366 e. The van der Waals surface area contributed by atoms with Crippen molar-refractivity contribution >= 4 is 10.8 Å². The molecular formula is C8H7MnN. The van der Waals surface area contributed by atoms with E-state index < -0.39 is 0 Å². The van der Waals surface area contributed by atoms with Gasteiger partial charge < -0.3 is 4.98 Å². The summed E-state index contributed by atoms with van der Waals surface area (Å²) >= 11 is 0. The van der Waals surface area contributed by atoms with Crippen molar-refractivity contribution in [2.24, 2.45) is 0 Å². The molecule has 0 fully saturated rings. The van der Waals surface area contributed by atoms with Crippen molar-refractivity contribution in [1.29, 1.82) is 0 Å². The average molecular weight is 172 g/mol. The second kappa shape index (κ2) is 2.91. The number of aromatic nitrogens is 1. The monoisotopic (exact) mass is 172 g/mol. The minimum absolute atomic E-state index is 0. The largest absolute Gasteiger partial charge is 0.366 e. The molecule has 0 saturated carbocycles. The van der Waals surface area contributed by atoms with Crippen LogP contribution in [0.5, 0.6) is 0 Å². The summed E-state index contributed by atoms with van der Waals surface area (Å²) in [4.78, 5) is 3.04. The van der Waals surface area contributed by atoms with Gasteiger partial charge in [-0.3, -0.25) is 0 Å². The van der Waals surface area contributed by atoms with Crippen LogP contribution < -0.4 is 0 Å². The van der Waals surface area contributed by atoms with E-state index in [1.54, 1.807) is 0 Å². The number of rotatable bonds is 0. The van der Waals surface area contributed by atoms with E-state index in [2.05, 4.69) is 17.1 Å². The third-order valence-corrected chi connectivity index (χ3v) is 1.47. The fraction of sp³-hybridized carbons (Fsp3) is 0. The van der Waals surface area contributed by atoms with Gasteiger partial charge in [0.15, 0.2) is 0 Å². The molecule has 2 aromatic rings. The van der Waals surface area contributed by atoms with E-state index in [9.17, 15) is 0 Å². The first kappa shape index (κ1) is 7.39. The Morgan fingerprint density at radius 1 is 0.900 bits per heavy atom. The Morgan fingerprint density at radius 3 is 1.90 bits per heavy atom. The molecule has 0 spiro atoms. The van der Waals surface area contributed by atoms with Crippen LogP contribution in [-0.2, 0) is 17.1 Å². The van der Waals surface area contributed by atoms with Crippen molar-refractivity contribution in [1.82, 2.24) is 4.98 Å². The summed E-state index contributed by atoms with van der Waals surface area (Å²) in [5, 5.41) is 2.55. The van der Waals surface area contributed by atoms with Gasteiger partial charge in [-0.2, -0.15) is 0 Å². The van der Waals surface area contributed by atoms with Crippen LogP contribution in [0.25, 0.3) is 10.8 Å². The van der Waals surface area contributed by atoms with Gasteiger partial charge in [-0.05, 0) is 10.8 Å². The van der Waals surface area contributed by atoms with Crippen LogP contribution in [0.4, 0.5) is 0 Å². The average Bonchev–Trinajstić information content (AvgIpc) is 2.33. The number of hydrogen-bond donors (Lipinski definition) is 1. The molecule has 51 valence electrons. The van der Waals surface area contributed by atoms with Gasteiger partial charge in [-0.25, -0.2) is 0 Å². The van der Waals surface area contributed by atoms with E-state index in [1.165, 1.54) is 10.8 Å². The zero-order chi connectivity index (χ0) is 6.10. The third-order valence-electron chi connectivity index (χ3n) is 1.47. The van der Waals surface area contributed by atoms with Gasteiger partial charge in [0.1, 0.15) is 0 Å². The predicted octanol–water partition coefficient (Wildman–Crippen LogP) is 2.17. The van der Waals surface area contributed by atoms with Crippen molar-refractivity contribution in [2.45, 2.75) is 0 Å². The molecule has 1 N–H and O–H groups in total. The summed E-state index contributed by atoms with van der Waals surface area (Å²) in [6.45, 7) is 0. The fourth-order valence-corrected chi connectivity index (χ4v) is 0.995. The first-order valence-corrected chi connectivity index (χ1v) is 2.98. The van der Waals surface area contributed by atoms with Crippen LogP contribution in [0, 0.1) is 0 Å². The Hall–Kier alpha value is -0.721. The van der Waals surface area contributed by atoms with E-state index in [0.717, 1.165) is 0 Å². The van der Waals surface area contributed by atoms with Crippen LogP contribution in [0.2, 0.25) is 0 Å². The van der Waals surface area contributed by atoms with Gasteiger partial charge in [0, 0.05) is 29.5 Å². The molecule has 0 aliphatic heterocycles. The zero-order valence-electron chi connectivity index (χ0n) is 5.34. The summed E-state index contributed by atoms with van der Waals surface area (Å²) in [6, 6.07) is 8.25. The van der Waals surface area contributed by atoms with Gasteiger partial charge in [0.25, 0.3) is 0 Å². The molecule has 1 aromatic carbocycles. The maximum Gasteiger partial charge on any atom is 0.00843 e. The smallest absolute Gasteiger partial charge is 0.00843 e. The molecule has 0 saturated heterocycles. The van der Waals surface area contributed by atoms with E-state index in [-0.39, 0.29) is 17.1 Å². The second-order valence-corrected chi connectivity index (χ2v) is 2.08. The SMILES string of the molecule is [Mn].c1ccc2c[nH]cc2c1. The number of H-pyrrole nitrogens is 1. The number of nitrogens with one attached hydrogen (secondary N) is 1. The van der Waals surface area contributed by atoms with Crippen molar-refractivity contribution < 1.29 is 17.1 Å². The molecule has 1 aromatic heterocycles. The molecular weight excluding hydrogens is 165 g/mol. The molecule has 0 amide bonds. The van der Waals surface area contributed by atoms with Gasteiger partial charge >= 0.3 is 0 Å². The Balaban J connectivity index is 0.000000500. The maximum absolute atomic E-state index is 3.04.